The number of ether oxygens (including phenoxy) is 2. The summed E-state index contributed by atoms with van der Waals surface area (Å²) in [6.45, 7) is 1.62. The maximum atomic E-state index is 11.2. The Labute approximate surface area is 94.2 Å². The van der Waals surface area contributed by atoms with E-state index in [0.717, 1.165) is 5.56 Å². The first-order chi connectivity index (χ1) is 7.68. The van der Waals surface area contributed by atoms with Crippen molar-refractivity contribution >= 4 is 11.9 Å². The lowest BCUT2D eigenvalue weighted by atomic mass is 10.2. The molecule has 0 N–H and O–H groups in total. The van der Waals surface area contributed by atoms with Crippen molar-refractivity contribution in [3.05, 3.63) is 35.9 Å². The minimum absolute atomic E-state index is 0.0724. The molecule has 0 fully saturated rings. The van der Waals surface area contributed by atoms with E-state index in [0.29, 0.717) is 0 Å². The molecule has 0 aliphatic rings. The van der Waals surface area contributed by atoms with Gasteiger partial charge in [0, 0.05) is 6.92 Å². The standard InChI is InChI=1S/C12H14O4/c1-10(13)15-8-7-12(14)16-9-11-5-3-2-4-6-11/h2-6H,7-9H2,1H3. The summed E-state index contributed by atoms with van der Waals surface area (Å²) in [4.78, 5) is 21.6. The number of esters is 2. The second-order valence-electron chi connectivity index (χ2n) is 3.24. The van der Waals surface area contributed by atoms with Crippen LogP contribution >= 0.6 is 0 Å². The van der Waals surface area contributed by atoms with Crippen LogP contribution in [0.5, 0.6) is 0 Å². The lowest BCUT2D eigenvalue weighted by Crippen LogP contribution is -2.10. The van der Waals surface area contributed by atoms with Crippen molar-refractivity contribution in [2.75, 3.05) is 6.61 Å². The van der Waals surface area contributed by atoms with E-state index in [-0.39, 0.29) is 25.6 Å². The average Bonchev–Trinajstić information content (AvgIpc) is 2.27. The average molecular weight is 222 g/mol. The monoisotopic (exact) mass is 222 g/mol. The Morgan fingerprint density at radius 2 is 1.81 bits per heavy atom. The third-order valence-corrected chi connectivity index (χ3v) is 1.85. The van der Waals surface area contributed by atoms with Crippen molar-refractivity contribution in [3.8, 4) is 0 Å². The van der Waals surface area contributed by atoms with Gasteiger partial charge in [0.2, 0.25) is 0 Å². The van der Waals surface area contributed by atoms with Crippen molar-refractivity contribution in [3.63, 3.8) is 0 Å². The number of carbonyl (C=O) groups excluding carboxylic acids is 2. The summed E-state index contributed by atoms with van der Waals surface area (Å²) in [5.41, 5.74) is 0.934. The number of benzene rings is 1. The third kappa shape index (κ3) is 5.14. The molecule has 0 radical (unpaired) electrons. The second kappa shape index (κ2) is 6.61. The molecule has 1 aromatic rings. The first-order valence-corrected chi connectivity index (χ1v) is 5.01. The lowest BCUT2D eigenvalue weighted by molar-refractivity contribution is -0.149. The molecule has 1 rings (SSSR count). The van der Waals surface area contributed by atoms with Gasteiger partial charge in [-0.05, 0) is 5.56 Å². The summed E-state index contributed by atoms with van der Waals surface area (Å²) in [6, 6.07) is 9.40. The molecule has 0 atom stereocenters. The molecule has 0 unspecified atom stereocenters. The molecule has 86 valence electrons. The lowest BCUT2D eigenvalue weighted by Gasteiger charge is -2.04. The maximum Gasteiger partial charge on any atom is 0.309 e. The Morgan fingerprint density at radius 3 is 2.44 bits per heavy atom. The zero-order valence-corrected chi connectivity index (χ0v) is 9.14. The molecule has 0 saturated heterocycles. The van der Waals surface area contributed by atoms with E-state index < -0.39 is 5.97 Å². The van der Waals surface area contributed by atoms with Crippen LogP contribution in [0.25, 0.3) is 0 Å². The highest BCUT2D eigenvalue weighted by molar-refractivity contribution is 5.70. The fraction of sp³-hybridized carbons (Fsp3) is 0.333. The molecular weight excluding hydrogens is 208 g/mol. The first kappa shape index (κ1) is 12.2. The molecule has 0 aliphatic heterocycles. The van der Waals surface area contributed by atoms with Crippen LogP contribution in [0, 0.1) is 0 Å². The molecule has 0 bridgehead atoms. The minimum atomic E-state index is -0.393. The van der Waals surface area contributed by atoms with Crippen molar-refractivity contribution < 1.29 is 19.1 Å². The Kier molecular flexibility index (Phi) is 5.05. The summed E-state index contributed by atoms with van der Waals surface area (Å²) < 4.78 is 9.60. The first-order valence-electron chi connectivity index (χ1n) is 5.01. The van der Waals surface area contributed by atoms with Crippen LogP contribution in [0.3, 0.4) is 0 Å². The molecule has 0 heterocycles. The zero-order chi connectivity index (χ0) is 11.8. The molecule has 0 spiro atoms. The van der Waals surface area contributed by atoms with Gasteiger partial charge < -0.3 is 9.47 Å². The third-order valence-electron chi connectivity index (χ3n) is 1.85. The quantitative estimate of drug-likeness (QED) is 0.711. The largest absolute Gasteiger partial charge is 0.465 e. The summed E-state index contributed by atoms with van der Waals surface area (Å²) in [5.74, 6) is -0.763. The summed E-state index contributed by atoms with van der Waals surface area (Å²) in [5, 5.41) is 0. The van der Waals surface area contributed by atoms with Crippen LogP contribution in [-0.4, -0.2) is 18.5 Å². The normalized spacial score (nSPS) is 9.56. The topological polar surface area (TPSA) is 52.6 Å². The van der Waals surface area contributed by atoms with E-state index in [2.05, 4.69) is 4.74 Å². The van der Waals surface area contributed by atoms with E-state index in [9.17, 15) is 9.59 Å². The maximum absolute atomic E-state index is 11.2. The Hall–Kier alpha value is -1.84. The zero-order valence-electron chi connectivity index (χ0n) is 9.14. The van der Waals surface area contributed by atoms with E-state index in [1.165, 1.54) is 6.92 Å². The fourth-order valence-corrected chi connectivity index (χ4v) is 1.09. The van der Waals surface area contributed by atoms with E-state index >= 15 is 0 Å². The van der Waals surface area contributed by atoms with Crippen molar-refractivity contribution in [2.24, 2.45) is 0 Å². The molecule has 4 nitrogen and oxygen atoms in total. The predicted molar refractivity (Wildman–Crippen MR) is 57.5 cm³/mol. The number of hydrogen-bond donors (Lipinski definition) is 0. The predicted octanol–water partition coefficient (Wildman–Crippen LogP) is 1.68. The highest BCUT2D eigenvalue weighted by atomic mass is 16.5. The van der Waals surface area contributed by atoms with E-state index in [1.807, 2.05) is 30.3 Å². The Bertz CT molecular complexity index is 345. The summed E-state index contributed by atoms with van der Waals surface area (Å²) >= 11 is 0. The van der Waals surface area contributed by atoms with Gasteiger partial charge in [0.1, 0.15) is 13.2 Å². The molecular formula is C12H14O4. The molecule has 0 aliphatic carbocycles. The molecule has 4 heteroatoms. The van der Waals surface area contributed by atoms with Crippen molar-refractivity contribution in [1.29, 1.82) is 0 Å². The summed E-state index contributed by atoms with van der Waals surface area (Å²) in [6.07, 6.45) is 0.0897. The molecule has 1 aromatic carbocycles. The van der Waals surface area contributed by atoms with Gasteiger partial charge in [-0.1, -0.05) is 30.3 Å². The Balaban J connectivity index is 2.18. The van der Waals surface area contributed by atoms with Crippen LogP contribution in [0.1, 0.15) is 18.9 Å². The molecule has 0 saturated carbocycles. The fourth-order valence-electron chi connectivity index (χ4n) is 1.09. The van der Waals surface area contributed by atoms with Crippen LogP contribution in [0.2, 0.25) is 0 Å². The van der Waals surface area contributed by atoms with Gasteiger partial charge in [0.25, 0.3) is 0 Å². The highest BCUT2D eigenvalue weighted by Gasteiger charge is 2.04. The number of hydrogen-bond acceptors (Lipinski definition) is 4. The number of carbonyl (C=O) groups is 2. The van der Waals surface area contributed by atoms with Gasteiger partial charge in [-0.2, -0.15) is 0 Å². The van der Waals surface area contributed by atoms with Crippen LogP contribution in [0.4, 0.5) is 0 Å². The van der Waals surface area contributed by atoms with Crippen LogP contribution in [0.15, 0.2) is 30.3 Å². The van der Waals surface area contributed by atoms with Crippen LogP contribution < -0.4 is 0 Å². The second-order valence-corrected chi connectivity index (χ2v) is 3.24. The molecule has 16 heavy (non-hydrogen) atoms. The van der Waals surface area contributed by atoms with E-state index in [1.54, 1.807) is 0 Å². The highest BCUT2D eigenvalue weighted by Crippen LogP contribution is 2.01. The smallest absolute Gasteiger partial charge is 0.309 e. The van der Waals surface area contributed by atoms with Crippen LogP contribution in [-0.2, 0) is 25.7 Å². The van der Waals surface area contributed by atoms with Gasteiger partial charge in [-0.3, -0.25) is 9.59 Å². The van der Waals surface area contributed by atoms with Crippen molar-refractivity contribution in [2.45, 2.75) is 20.0 Å². The Morgan fingerprint density at radius 1 is 1.12 bits per heavy atom. The summed E-state index contributed by atoms with van der Waals surface area (Å²) in [7, 11) is 0. The van der Waals surface area contributed by atoms with Gasteiger partial charge >= 0.3 is 11.9 Å². The number of rotatable bonds is 5. The van der Waals surface area contributed by atoms with E-state index in [4.69, 9.17) is 4.74 Å². The minimum Gasteiger partial charge on any atom is -0.465 e. The van der Waals surface area contributed by atoms with Gasteiger partial charge in [0.15, 0.2) is 0 Å². The molecule has 0 amide bonds. The van der Waals surface area contributed by atoms with Gasteiger partial charge in [0.05, 0.1) is 6.42 Å². The van der Waals surface area contributed by atoms with Gasteiger partial charge in [-0.15, -0.1) is 0 Å². The van der Waals surface area contributed by atoms with Crippen molar-refractivity contribution in [1.82, 2.24) is 0 Å². The SMILES string of the molecule is CC(=O)OCCC(=O)OCc1ccccc1. The molecule has 0 aromatic heterocycles. The van der Waals surface area contributed by atoms with Gasteiger partial charge in [-0.25, -0.2) is 0 Å².